The van der Waals surface area contributed by atoms with Crippen molar-refractivity contribution in [3.05, 3.63) is 54.1 Å². The number of hydrogen-bond acceptors (Lipinski definition) is 2. The lowest BCUT2D eigenvalue weighted by atomic mass is 10.1. The van der Waals surface area contributed by atoms with E-state index in [0.29, 0.717) is 6.61 Å². The van der Waals surface area contributed by atoms with Crippen LogP contribution < -0.4 is 10.1 Å². The minimum atomic E-state index is 0.624. The average molecular weight is 262 g/mol. The first kappa shape index (κ1) is 12.9. The van der Waals surface area contributed by atoms with Crippen LogP contribution in [0, 0.1) is 0 Å². The van der Waals surface area contributed by atoms with E-state index in [2.05, 4.69) is 11.9 Å². The van der Waals surface area contributed by atoms with Gasteiger partial charge in [-0.25, -0.2) is 0 Å². The predicted molar refractivity (Wildman–Crippen MR) is 77.5 cm³/mol. The van der Waals surface area contributed by atoms with Crippen LogP contribution in [0.2, 0.25) is 5.02 Å². The average Bonchev–Trinajstić information content (AvgIpc) is 2.41. The molecule has 94 valence electrons. The number of fused-ring (bicyclic) bond motifs is 1. The second-order valence-electron chi connectivity index (χ2n) is 3.93. The van der Waals surface area contributed by atoms with Gasteiger partial charge in [0, 0.05) is 28.9 Å². The molecule has 0 atom stereocenters. The zero-order chi connectivity index (χ0) is 12.8. The molecule has 18 heavy (non-hydrogen) atoms. The van der Waals surface area contributed by atoms with Gasteiger partial charge in [0.15, 0.2) is 0 Å². The van der Waals surface area contributed by atoms with Gasteiger partial charge in [-0.05, 0) is 12.1 Å². The Labute approximate surface area is 112 Å². The highest BCUT2D eigenvalue weighted by atomic mass is 35.5. The van der Waals surface area contributed by atoms with Crippen molar-refractivity contribution in [3.8, 4) is 5.75 Å². The maximum atomic E-state index is 6.15. The van der Waals surface area contributed by atoms with Gasteiger partial charge in [0.2, 0.25) is 0 Å². The van der Waals surface area contributed by atoms with Crippen LogP contribution in [0.25, 0.3) is 10.8 Å². The first-order chi connectivity index (χ1) is 8.83. The van der Waals surface area contributed by atoms with Crippen LogP contribution >= 0.6 is 11.6 Å². The summed E-state index contributed by atoms with van der Waals surface area (Å²) in [5, 5.41) is 6.02. The van der Waals surface area contributed by atoms with Crippen molar-refractivity contribution in [2.45, 2.75) is 0 Å². The molecular formula is C15H16ClNO. The lowest BCUT2D eigenvalue weighted by Gasteiger charge is -2.10. The van der Waals surface area contributed by atoms with E-state index < -0.39 is 0 Å². The molecule has 0 amide bonds. The van der Waals surface area contributed by atoms with Crippen molar-refractivity contribution in [1.29, 1.82) is 0 Å². The monoisotopic (exact) mass is 261 g/mol. The molecule has 0 saturated carbocycles. The molecule has 0 saturated heterocycles. The maximum absolute atomic E-state index is 6.15. The summed E-state index contributed by atoms with van der Waals surface area (Å²) >= 11 is 6.15. The molecule has 0 aliphatic heterocycles. The molecule has 2 nitrogen and oxygen atoms in total. The molecule has 2 aromatic carbocycles. The smallest absolute Gasteiger partial charge is 0.127 e. The molecule has 0 aliphatic carbocycles. The normalized spacial score (nSPS) is 10.5. The van der Waals surface area contributed by atoms with E-state index in [4.69, 9.17) is 16.3 Å². The second-order valence-corrected chi connectivity index (χ2v) is 4.34. The Morgan fingerprint density at radius 3 is 2.72 bits per heavy atom. The van der Waals surface area contributed by atoms with E-state index in [1.165, 1.54) is 0 Å². The summed E-state index contributed by atoms with van der Waals surface area (Å²) in [6, 6.07) is 11.8. The molecule has 0 heterocycles. The van der Waals surface area contributed by atoms with Crippen molar-refractivity contribution in [1.82, 2.24) is 5.32 Å². The number of ether oxygens (including phenoxy) is 1. The summed E-state index contributed by atoms with van der Waals surface area (Å²) in [4.78, 5) is 0. The molecule has 0 fully saturated rings. The van der Waals surface area contributed by atoms with E-state index >= 15 is 0 Å². The summed E-state index contributed by atoms with van der Waals surface area (Å²) < 4.78 is 5.77. The molecule has 0 aliphatic rings. The summed E-state index contributed by atoms with van der Waals surface area (Å²) in [7, 11) is 0. The van der Waals surface area contributed by atoms with Crippen molar-refractivity contribution < 1.29 is 4.74 Å². The third-order valence-corrected chi connectivity index (χ3v) is 2.99. The first-order valence-corrected chi connectivity index (χ1v) is 6.32. The van der Waals surface area contributed by atoms with Gasteiger partial charge < -0.3 is 10.1 Å². The third-order valence-electron chi connectivity index (χ3n) is 2.66. The minimum absolute atomic E-state index is 0.624. The van der Waals surface area contributed by atoms with Gasteiger partial charge in [-0.2, -0.15) is 0 Å². The van der Waals surface area contributed by atoms with Gasteiger partial charge in [0.05, 0.1) is 0 Å². The van der Waals surface area contributed by atoms with Gasteiger partial charge in [-0.3, -0.25) is 0 Å². The van der Waals surface area contributed by atoms with Gasteiger partial charge in [0.25, 0.3) is 0 Å². The molecule has 0 aromatic heterocycles. The molecule has 0 bridgehead atoms. The fourth-order valence-electron chi connectivity index (χ4n) is 1.80. The number of benzene rings is 2. The molecule has 1 N–H and O–H groups in total. The van der Waals surface area contributed by atoms with E-state index in [-0.39, 0.29) is 0 Å². The molecule has 3 heteroatoms. The van der Waals surface area contributed by atoms with Crippen LogP contribution in [-0.2, 0) is 0 Å². The van der Waals surface area contributed by atoms with E-state index in [1.807, 2.05) is 42.5 Å². The Balaban J connectivity index is 2.09. The lowest BCUT2D eigenvalue weighted by Crippen LogP contribution is -2.20. The van der Waals surface area contributed by atoms with Crippen LogP contribution in [-0.4, -0.2) is 19.7 Å². The SMILES string of the molecule is C=CCNCCOc1ccc(Cl)c2ccccc12. The van der Waals surface area contributed by atoms with Gasteiger partial charge in [0.1, 0.15) is 12.4 Å². The Kier molecular flexibility index (Phi) is 4.62. The highest BCUT2D eigenvalue weighted by Gasteiger charge is 2.04. The van der Waals surface area contributed by atoms with E-state index in [1.54, 1.807) is 0 Å². The fraction of sp³-hybridized carbons (Fsp3) is 0.200. The summed E-state index contributed by atoms with van der Waals surface area (Å²) in [6.45, 7) is 5.86. The van der Waals surface area contributed by atoms with Crippen LogP contribution in [0.1, 0.15) is 0 Å². The maximum Gasteiger partial charge on any atom is 0.127 e. The van der Waals surface area contributed by atoms with Crippen molar-refractivity contribution >= 4 is 22.4 Å². The topological polar surface area (TPSA) is 21.3 Å². The van der Waals surface area contributed by atoms with Crippen molar-refractivity contribution in [3.63, 3.8) is 0 Å². The minimum Gasteiger partial charge on any atom is -0.492 e. The first-order valence-electron chi connectivity index (χ1n) is 5.94. The predicted octanol–water partition coefficient (Wildman–Crippen LogP) is 3.65. The molecule has 2 rings (SSSR count). The number of rotatable bonds is 6. The van der Waals surface area contributed by atoms with Crippen LogP contribution in [0.3, 0.4) is 0 Å². The van der Waals surface area contributed by atoms with E-state index in [0.717, 1.165) is 34.6 Å². The molecule has 0 radical (unpaired) electrons. The number of nitrogens with one attached hydrogen (secondary N) is 1. The van der Waals surface area contributed by atoms with Gasteiger partial charge >= 0.3 is 0 Å². The summed E-state index contributed by atoms with van der Waals surface area (Å²) in [5.41, 5.74) is 0. The standard InChI is InChI=1S/C15H16ClNO/c1-2-9-17-10-11-18-15-8-7-14(16)12-5-3-4-6-13(12)15/h2-8,17H,1,9-11H2. The largest absolute Gasteiger partial charge is 0.492 e. The Hall–Kier alpha value is -1.51. The quantitative estimate of drug-likeness (QED) is 0.633. The number of hydrogen-bond donors (Lipinski definition) is 1. The summed E-state index contributed by atoms with van der Waals surface area (Å²) in [6.07, 6.45) is 1.83. The Bertz CT molecular complexity index is 539. The third kappa shape index (κ3) is 3.03. The van der Waals surface area contributed by atoms with Crippen molar-refractivity contribution in [2.75, 3.05) is 19.7 Å². The highest BCUT2D eigenvalue weighted by Crippen LogP contribution is 2.31. The number of halogens is 1. The summed E-state index contributed by atoms with van der Waals surface area (Å²) in [5.74, 6) is 0.871. The Morgan fingerprint density at radius 2 is 1.94 bits per heavy atom. The van der Waals surface area contributed by atoms with Gasteiger partial charge in [-0.1, -0.05) is 41.9 Å². The molecule has 0 unspecified atom stereocenters. The zero-order valence-electron chi connectivity index (χ0n) is 10.2. The molecule has 0 spiro atoms. The molecule has 2 aromatic rings. The second kappa shape index (κ2) is 6.43. The van der Waals surface area contributed by atoms with Crippen molar-refractivity contribution in [2.24, 2.45) is 0 Å². The van der Waals surface area contributed by atoms with Crippen LogP contribution in [0.4, 0.5) is 0 Å². The van der Waals surface area contributed by atoms with E-state index in [9.17, 15) is 0 Å². The van der Waals surface area contributed by atoms with Gasteiger partial charge in [-0.15, -0.1) is 6.58 Å². The van der Waals surface area contributed by atoms with Crippen LogP contribution in [0.15, 0.2) is 49.1 Å². The highest BCUT2D eigenvalue weighted by molar-refractivity contribution is 6.35. The molecular weight excluding hydrogens is 246 g/mol. The fourth-order valence-corrected chi connectivity index (χ4v) is 2.03. The zero-order valence-corrected chi connectivity index (χ0v) is 10.9. The lowest BCUT2D eigenvalue weighted by molar-refractivity contribution is 0.320. The van der Waals surface area contributed by atoms with Crippen LogP contribution in [0.5, 0.6) is 5.75 Å². The Morgan fingerprint density at radius 1 is 1.17 bits per heavy atom.